The van der Waals surface area contributed by atoms with E-state index in [-0.39, 0.29) is 11.7 Å². The summed E-state index contributed by atoms with van der Waals surface area (Å²) < 4.78 is 11.9. The van der Waals surface area contributed by atoms with Crippen molar-refractivity contribution in [1.82, 2.24) is 0 Å². The van der Waals surface area contributed by atoms with E-state index in [2.05, 4.69) is 53.2 Å². The number of alkyl halides is 1. The zero-order valence-electron chi connectivity index (χ0n) is 13.7. The third kappa shape index (κ3) is 5.68. The second-order valence-corrected chi connectivity index (χ2v) is 7.33. The summed E-state index contributed by atoms with van der Waals surface area (Å²) in [5, 5.41) is 1.10. The molecule has 2 atom stereocenters. The van der Waals surface area contributed by atoms with Crippen molar-refractivity contribution in [2.75, 3.05) is 18.5 Å². The van der Waals surface area contributed by atoms with E-state index in [9.17, 15) is 0 Å². The van der Waals surface area contributed by atoms with Gasteiger partial charge in [0.05, 0.1) is 6.61 Å². The Balaban J connectivity index is 1.94. The molecule has 2 unspecified atom stereocenters. The minimum Gasteiger partial charge on any atom is -0.353 e. The Hall–Kier alpha value is -0.380. The van der Waals surface area contributed by atoms with Gasteiger partial charge in [0.2, 0.25) is 0 Å². The van der Waals surface area contributed by atoms with Crippen LogP contribution in [0.15, 0.2) is 30.3 Å². The van der Waals surface area contributed by atoms with Crippen molar-refractivity contribution in [2.24, 2.45) is 0 Å². The van der Waals surface area contributed by atoms with Crippen molar-refractivity contribution in [1.29, 1.82) is 0 Å². The molecule has 1 saturated heterocycles. The number of rotatable bonds is 9. The molecule has 1 aliphatic rings. The smallest absolute Gasteiger partial charge is 0.157 e. The monoisotopic (exact) mass is 368 g/mol. The van der Waals surface area contributed by atoms with Crippen LogP contribution in [0.3, 0.4) is 0 Å². The Kier molecular flexibility index (Phi) is 7.91. The number of benzene rings is 1. The maximum Gasteiger partial charge on any atom is 0.157 e. The van der Waals surface area contributed by atoms with E-state index < -0.39 is 0 Å². The molecule has 0 amide bonds. The Bertz CT molecular complexity index is 403. The van der Waals surface area contributed by atoms with Crippen LogP contribution in [0, 0.1) is 0 Å². The fraction of sp³-hybridized carbons (Fsp3) is 0.684. The van der Waals surface area contributed by atoms with Crippen LogP contribution >= 0.6 is 15.9 Å². The van der Waals surface area contributed by atoms with Gasteiger partial charge in [-0.1, -0.05) is 66.0 Å². The lowest BCUT2D eigenvalue weighted by Gasteiger charge is -2.33. The minimum atomic E-state index is -0.000621. The van der Waals surface area contributed by atoms with Gasteiger partial charge in [0.25, 0.3) is 0 Å². The van der Waals surface area contributed by atoms with E-state index in [0.29, 0.717) is 0 Å². The Morgan fingerprint density at radius 3 is 2.68 bits per heavy atom. The number of unbranched alkanes of at least 4 members (excludes halogenated alkanes) is 2. The van der Waals surface area contributed by atoms with Gasteiger partial charge in [-0.3, -0.25) is 0 Å². The van der Waals surface area contributed by atoms with E-state index in [1.54, 1.807) is 0 Å². The van der Waals surface area contributed by atoms with Gasteiger partial charge in [-0.25, -0.2) is 0 Å². The molecule has 0 aromatic heterocycles. The van der Waals surface area contributed by atoms with Crippen molar-refractivity contribution in [3.05, 3.63) is 35.9 Å². The minimum absolute atomic E-state index is 0.000621. The first-order valence-corrected chi connectivity index (χ1v) is 9.71. The molecule has 1 fully saturated rings. The summed E-state index contributed by atoms with van der Waals surface area (Å²) in [6, 6.07) is 10.8. The van der Waals surface area contributed by atoms with Crippen LogP contribution in [0.2, 0.25) is 0 Å². The largest absolute Gasteiger partial charge is 0.353 e. The fourth-order valence-corrected chi connectivity index (χ4v) is 3.44. The number of ether oxygens (including phenoxy) is 2. The number of hydrogen-bond donors (Lipinski definition) is 0. The highest BCUT2D eigenvalue weighted by Gasteiger charge is 2.28. The normalized spacial score (nSPS) is 21.5. The van der Waals surface area contributed by atoms with Gasteiger partial charge in [0.15, 0.2) is 6.29 Å². The van der Waals surface area contributed by atoms with E-state index in [4.69, 9.17) is 9.47 Å². The van der Waals surface area contributed by atoms with E-state index in [1.807, 2.05) is 0 Å². The highest BCUT2D eigenvalue weighted by Crippen LogP contribution is 2.31. The summed E-state index contributed by atoms with van der Waals surface area (Å²) in [5.41, 5.74) is 1.46. The summed E-state index contributed by atoms with van der Waals surface area (Å²) >= 11 is 3.52. The second-order valence-electron chi connectivity index (χ2n) is 6.53. The Labute approximate surface area is 143 Å². The Morgan fingerprint density at radius 2 is 2.00 bits per heavy atom. The van der Waals surface area contributed by atoms with Crippen LogP contribution in [0.25, 0.3) is 0 Å². The lowest BCUT2D eigenvalue weighted by molar-refractivity contribution is -0.171. The van der Waals surface area contributed by atoms with Crippen LogP contribution < -0.4 is 0 Å². The molecule has 0 aliphatic carbocycles. The van der Waals surface area contributed by atoms with Crippen LogP contribution in [-0.4, -0.2) is 24.8 Å². The van der Waals surface area contributed by atoms with Gasteiger partial charge < -0.3 is 9.47 Å². The summed E-state index contributed by atoms with van der Waals surface area (Å²) in [4.78, 5) is 0. The van der Waals surface area contributed by atoms with Crippen LogP contribution in [0.5, 0.6) is 0 Å². The number of halogens is 1. The van der Waals surface area contributed by atoms with E-state index in [1.165, 1.54) is 37.7 Å². The standard InChI is InChI=1S/C19H29BrO2/c1-19(13-7-3-8-14-20,17-10-4-2-5-11-17)16-22-18-12-6-9-15-21-18/h2,4-5,10-11,18H,3,6-9,12-16H2,1H3. The zero-order chi connectivity index (χ0) is 15.7. The van der Waals surface area contributed by atoms with Gasteiger partial charge in [0, 0.05) is 17.4 Å². The predicted octanol–water partition coefficient (Wildman–Crippen LogP) is 5.44. The molecule has 1 aromatic carbocycles. The highest BCUT2D eigenvalue weighted by atomic mass is 79.9. The van der Waals surface area contributed by atoms with Crippen LogP contribution in [-0.2, 0) is 14.9 Å². The molecule has 2 nitrogen and oxygen atoms in total. The molecule has 0 bridgehead atoms. The van der Waals surface area contributed by atoms with E-state index in [0.717, 1.165) is 31.4 Å². The SMILES string of the molecule is CC(CCCCCBr)(COC1CCCCO1)c1ccccc1. The van der Waals surface area contributed by atoms with Crippen molar-refractivity contribution in [2.45, 2.75) is 63.6 Å². The van der Waals surface area contributed by atoms with Crippen molar-refractivity contribution in [3.8, 4) is 0 Å². The van der Waals surface area contributed by atoms with Gasteiger partial charge in [0.1, 0.15) is 0 Å². The molecule has 0 spiro atoms. The molecule has 1 aromatic rings. The van der Waals surface area contributed by atoms with Gasteiger partial charge in [-0.15, -0.1) is 0 Å². The lowest BCUT2D eigenvalue weighted by atomic mass is 9.79. The maximum atomic E-state index is 6.13. The lowest BCUT2D eigenvalue weighted by Crippen LogP contribution is -2.33. The molecular weight excluding hydrogens is 340 g/mol. The maximum absolute atomic E-state index is 6.13. The van der Waals surface area contributed by atoms with Crippen molar-refractivity contribution < 1.29 is 9.47 Å². The van der Waals surface area contributed by atoms with Gasteiger partial charge >= 0.3 is 0 Å². The Morgan fingerprint density at radius 1 is 1.18 bits per heavy atom. The average molecular weight is 369 g/mol. The fourth-order valence-electron chi connectivity index (χ4n) is 3.05. The van der Waals surface area contributed by atoms with Crippen LogP contribution in [0.4, 0.5) is 0 Å². The molecule has 2 rings (SSSR count). The second kappa shape index (κ2) is 9.69. The molecule has 22 heavy (non-hydrogen) atoms. The molecular formula is C19H29BrO2. The topological polar surface area (TPSA) is 18.5 Å². The average Bonchev–Trinajstić information content (AvgIpc) is 2.59. The first-order chi connectivity index (χ1) is 10.7. The summed E-state index contributed by atoms with van der Waals surface area (Å²) in [5.74, 6) is 0. The van der Waals surface area contributed by atoms with Crippen molar-refractivity contribution >= 4 is 15.9 Å². The van der Waals surface area contributed by atoms with E-state index >= 15 is 0 Å². The predicted molar refractivity (Wildman–Crippen MR) is 95.6 cm³/mol. The third-order valence-corrected chi connectivity index (χ3v) is 5.12. The van der Waals surface area contributed by atoms with Crippen LogP contribution in [0.1, 0.15) is 57.4 Å². The van der Waals surface area contributed by atoms with Gasteiger partial charge in [-0.05, 0) is 37.7 Å². The first-order valence-electron chi connectivity index (χ1n) is 8.59. The summed E-state index contributed by atoms with van der Waals surface area (Å²) in [6.45, 7) is 3.92. The third-order valence-electron chi connectivity index (χ3n) is 4.56. The molecule has 1 heterocycles. The first kappa shape index (κ1) is 18.0. The van der Waals surface area contributed by atoms with Crippen molar-refractivity contribution in [3.63, 3.8) is 0 Å². The summed E-state index contributed by atoms with van der Waals surface area (Å²) in [7, 11) is 0. The molecule has 0 radical (unpaired) electrons. The molecule has 0 N–H and O–H groups in total. The van der Waals surface area contributed by atoms with Gasteiger partial charge in [-0.2, -0.15) is 0 Å². The molecule has 3 heteroatoms. The quantitative estimate of drug-likeness (QED) is 0.426. The zero-order valence-corrected chi connectivity index (χ0v) is 15.3. The number of hydrogen-bond acceptors (Lipinski definition) is 2. The molecule has 124 valence electrons. The highest BCUT2D eigenvalue weighted by molar-refractivity contribution is 9.09. The molecule has 0 saturated carbocycles. The summed E-state index contributed by atoms with van der Waals surface area (Å²) in [6.07, 6.45) is 8.35. The molecule has 1 aliphatic heterocycles.